The molecule has 1 fully saturated rings. The fourth-order valence-electron chi connectivity index (χ4n) is 4.30. The summed E-state index contributed by atoms with van der Waals surface area (Å²) in [5.74, 6) is 4.79. The Bertz CT molecular complexity index is 559. The molecule has 1 unspecified atom stereocenters. The first kappa shape index (κ1) is 18.3. The van der Waals surface area contributed by atoms with Crippen LogP contribution in [-0.2, 0) is 12.8 Å². The first-order valence-electron chi connectivity index (χ1n) is 9.58. The molecule has 0 aliphatic heterocycles. The van der Waals surface area contributed by atoms with Crippen LogP contribution in [0.5, 0.6) is 0 Å². The molecule has 0 amide bonds. The van der Waals surface area contributed by atoms with Crippen molar-refractivity contribution in [3.8, 4) is 0 Å². The number of hydrogen-bond donors (Lipinski definition) is 2. The van der Waals surface area contributed by atoms with Gasteiger partial charge in [-0.15, -0.1) is 0 Å². The minimum atomic E-state index is -0.348. The van der Waals surface area contributed by atoms with Crippen molar-refractivity contribution in [3.63, 3.8) is 0 Å². The second kappa shape index (κ2) is 7.80. The quantitative estimate of drug-likeness (QED) is 0.813. The van der Waals surface area contributed by atoms with Crippen molar-refractivity contribution in [2.45, 2.75) is 63.8 Å². The molecule has 0 spiro atoms. The first-order valence-corrected chi connectivity index (χ1v) is 10.7. The van der Waals surface area contributed by atoms with E-state index >= 15 is 0 Å². The topological polar surface area (TPSA) is 46.2 Å². The zero-order valence-corrected chi connectivity index (χ0v) is 16.1. The van der Waals surface area contributed by atoms with Gasteiger partial charge in [-0.25, -0.2) is 0 Å². The fourth-order valence-corrected chi connectivity index (χ4v) is 5.53. The number of benzene rings is 1. The van der Waals surface area contributed by atoms with E-state index in [9.17, 15) is 5.11 Å². The van der Waals surface area contributed by atoms with Gasteiger partial charge < -0.3 is 10.8 Å². The number of aliphatic hydroxyl groups excluding tert-OH is 1. The van der Waals surface area contributed by atoms with E-state index in [2.05, 4.69) is 43.8 Å². The fraction of sp³-hybridized carbons (Fsp3) is 0.714. The van der Waals surface area contributed by atoms with Crippen molar-refractivity contribution >= 4 is 11.8 Å². The minimum Gasteiger partial charge on any atom is -0.394 e. The summed E-state index contributed by atoms with van der Waals surface area (Å²) in [5.41, 5.74) is 10.5. The Labute approximate surface area is 151 Å². The predicted molar refractivity (Wildman–Crippen MR) is 105 cm³/mol. The summed E-state index contributed by atoms with van der Waals surface area (Å²) < 4.78 is 0. The summed E-state index contributed by atoms with van der Waals surface area (Å²) in [6, 6.07) is 7.15. The maximum atomic E-state index is 9.49. The third-order valence-electron chi connectivity index (χ3n) is 5.80. The zero-order chi connectivity index (χ0) is 17.2. The number of hydrogen-bond acceptors (Lipinski definition) is 3. The smallest absolute Gasteiger partial charge is 0.0611 e. The van der Waals surface area contributed by atoms with Gasteiger partial charge in [-0.3, -0.25) is 0 Å². The molecule has 134 valence electrons. The average Bonchev–Trinajstić information content (AvgIpc) is 2.97. The summed E-state index contributed by atoms with van der Waals surface area (Å²) in [7, 11) is 0. The lowest BCUT2D eigenvalue weighted by atomic mass is 9.82. The van der Waals surface area contributed by atoms with Crippen molar-refractivity contribution in [1.29, 1.82) is 0 Å². The Kier molecular flexibility index (Phi) is 5.94. The van der Waals surface area contributed by atoms with E-state index in [1.807, 2.05) is 0 Å². The predicted octanol–water partition coefficient (Wildman–Crippen LogP) is 4.14. The lowest BCUT2D eigenvalue weighted by molar-refractivity contribution is 0.198. The van der Waals surface area contributed by atoms with Crippen molar-refractivity contribution in [1.82, 2.24) is 0 Å². The van der Waals surface area contributed by atoms with E-state index in [4.69, 9.17) is 5.73 Å². The van der Waals surface area contributed by atoms with Crippen LogP contribution in [0.4, 0.5) is 0 Å². The van der Waals surface area contributed by atoms with Crippen LogP contribution in [0.1, 0.15) is 62.1 Å². The highest BCUT2D eigenvalue weighted by Gasteiger charge is 2.36. The second-order valence-corrected chi connectivity index (χ2v) is 9.60. The summed E-state index contributed by atoms with van der Waals surface area (Å²) >= 11 is 2.13. The Morgan fingerprint density at radius 2 is 2.12 bits per heavy atom. The molecule has 0 bridgehead atoms. The van der Waals surface area contributed by atoms with E-state index in [0.717, 1.165) is 31.1 Å². The molecular formula is C21H33NOS. The molecule has 2 aliphatic rings. The maximum Gasteiger partial charge on any atom is 0.0611 e. The lowest BCUT2D eigenvalue weighted by Crippen LogP contribution is -2.40. The molecule has 0 heterocycles. The second-order valence-electron chi connectivity index (χ2n) is 8.53. The van der Waals surface area contributed by atoms with Gasteiger partial charge in [0.25, 0.3) is 0 Å². The summed E-state index contributed by atoms with van der Waals surface area (Å²) in [5, 5.41) is 9.49. The van der Waals surface area contributed by atoms with E-state index in [0.29, 0.717) is 5.92 Å². The molecule has 2 nitrogen and oxygen atoms in total. The van der Waals surface area contributed by atoms with Gasteiger partial charge in [0, 0.05) is 5.54 Å². The van der Waals surface area contributed by atoms with Gasteiger partial charge in [-0.2, -0.15) is 11.8 Å². The minimum absolute atomic E-state index is 0.115. The third-order valence-corrected chi connectivity index (χ3v) is 7.40. The van der Waals surface area contributed by atoms with Gasteiger partial charge >= 0.3 is 0 Å². The Morgan fingerprint density at radius 3 is 2.83 bits per heavy atom. The van der Waals surface area contributed by atoms with Crippen LogP contribution in [0, 0.1) is 11.8 Å². The normalized spacial score (nSPS) is 29.9. The van der Waals surface area contributed by atoms with Crippen LogP contribution < -0.4 is 5.73 Å². The van der Waals surface area contributed by atoms with Gasteiger partial charge in [-0.05, 0) is 84.5 Å². The monoisotopic (exact) mass is 347 g/mol. The molecule has 1 saturated carbocycles. The van der Waals surface area contributed by atoms with Gasteiger partial charge in [0.05, 0.1) is 6.61 Å². The summed E-state index contributed by atoms with van der Waals surface area (Å²) in [6.07, 6.45) is 6.81. The molecule has 1 aromatic rings. The number of thioether (sulfide) groups is 1. The van der Waals surface area contributed by atoms with Crippen molar-refractivity contribution in [3.05, 3.63) is 34.9 Å². The van der Waals surface area contributed by atoms with Crippen LogP contribution in [0.3, 0.4) is 0 Å². The highest BCUT2D eigenvalue weighted by molar-refractivity contribution is 7.99. The van der Waals surface area contributed by atoms with Gasteiger partial charge in [0.15, 0.2) is 0 Å². The molecule has 2 aliphatic carbocycles. The zero-order valence-electron chi connectivity index (χ0n) is 15.3. The summed E-state index contributed by atoms with van der Waals surface area (Å²) in [4.78, 5) is 0. The Balaban J connectivity index is 1.60. The molecule has 3 heteroatoms. The van der Waals surface area contributed by atoms with Crippen molar-refractivity contribution < 1.29 is 5.11 Å². The standard InChI is InChI=1S/C21H33NOS/c1-15(2)12-24-13-16-3-4-18-10-19(6-5-17(18)9-16)20-7-8-21(22,11-20)14-23/h5-6,10,15-16,20,23H,3-4,7-9,11-14,22H2,1-2H3/t16?,20-,21+/m0/s1. The van der Waals surface area contributed by atoms with Gasteiger partial charge in [0.2, 0.25) is 0 Å². The maximum absolute atomic E-state index is 9.49. The van der Waals surface area contributed by atoms with Crippen LogP contribution >= 0.6 is 11.8 Å². The van der Waals surface area contributed by atoms with Gasteiger partial charge in [-0.1, -0.05) is 32.0 Å². The largest absolute Gasteiger partial charge is 0.394 e. The van der Waals surface area contributed by atoms with E-state index in [1.165, 1.54) is 36.3 Å². The third kappa shape index (κ3) is 4.36. The van der Waals surface area contributed by atoms with Crippen molar-refractivity contribution in [2.75, 3.05) is 18.1 Å². The highest BCUT2D eigenvalue weighted by Crippen LogP contribution is 2.40. The van der Waals surface area contributed by atoms with Crippen LogP contribution in [0.2, 0.25) is 0 Å². The average molecular weight is 348 g/mol. The Morgan fingerprint density at radius 1 is 1.29 bits per heavy atom. The number of rotatable bonds is 6. The van der Waals surface area contributed by atoms with Crippen LogP contribution in [-0.4, -0.2) is 28.8 Å². The highest BCUT2D eigenvalue weighted by atomic mass is 32.2. The van der Waals surface area contributed by atoms with E-state index in [-0.39, 0.29) is 12.1 Å². The van der Waals surface area contributed by atoms with Crippen LogP contribution in [0.15, 0.2) is 18.2 Å². The Hall–Kier alpha value is -0.510. The first-order chi connectivity index (χ1) is 11.5. The summed E-state index contributed by atoms with van der Waals surface area (Å²) in [6.45, 7) is 4.73. The SMILES string of the molecule is CC(C)CSCC1CCc2cc([C@H]3CC[C@](N)(CO)C3)ccc2C1. The number of aryl methyl sites for hydroxylation is 1. The van der Waals surface area contributed by atoms with Crippen molar-refractivity contribution in [2.24, 2.45) is 17.6 Å². The molecule has 0 saturated heterocycles. The number of fused-ring (bicyclic) bond motifs is 1. The van der Waals surface area contributed by atoms with Gasteiger partial charge in [0.1, 0.15) is 0 Å². The molecule has 3 rings (SSSR count). The molecule has 3 N–H and O–H groups in total. The van der Waals surface area contributed by atoms with Crippen LogP contribution in [0.25, 0.3) is 0 Å². The lowest BCUT2D eigenvalue weighted by Gasteiger charge is -2.26. The number of nitrogens with two attached hydrogens (primary N) is 1. The number of aliphatic hydroxyl groups is 1. The molecule has 3 atom stereocenters. The molecule has 0 aromatic heterocycles. The molecular weight excluding hydrogens is 314 g/mol. The van der Waals surface area contributed by atoms with E-state index < -0.39 is 0 Å². The molecule has 0 radical (unpaired) electrons. The molecule has 1 aromatic carbocycles. The van der Waals surface area contributed by atoms with E-state index in [1.54, 1.807) is 11.1 Å². The molecule has 24 heavy (non-hydrogen) atoms.